The standard InChI is InChI=1S/C21H23ClN2O2/c1-21(2,3)17-6-4-5-7-18(17)23-20(26)14-12-19(25)24(13-14)16-10-8-15(22)9-11-16/h4-11,14H,12-13H2,1-3H3,(H,23,26). The average molecular weight is 371 g/mol. The highest BCUT2D eigenvalue weighted by molar-refractivity contribution is 6.30. The van der Waals surface area contributed by atoms with Crippen LogP contribution in [0.2, 0.25) is 5.02 Å². The van der Waals surface area contributed by atoms with Crippen LogP contribution in [0.4, 0.5) is 11.4 Å². The van der Waals surface area contributed by atoms with Crippen LogP contribution in [0.1, 0.15) is 32.8 Å². The lowest BCUT2D eigenvalue weighted by molar-refractivity contribution is -0.122. The van der Waals surface area contributed by atoms with Crippen LogP contribution >= 0.6 is 11.6 Å². The molecule has 136 valence electrons. The largest absolute Gasteiger partial charge is 0.326 e. The van der Waals surface area contributed by atoms with Crippen LogP contribution in [0.5, 0.6) is 0 Å². The van der Waals surface area contributed by atoms with E-state index in [1.165, 1.54) is 0 Å². The van der Waals surface area contributed by atoms with E-state index in [0.717, 1.165) is 16.9 Å². The van der Waals surface area contributed by atoms with E-state index in [0.29, 0.717) is 11.6 Å². The van der Waals surface area contributed by atoms with Crippen LogP contribution in [0.25, 0.3) is 0 Å². The highest BCUT2D eigenvalue weighted by atomic mass is 35.5. The molecule has 0 aromatic heterocycles. The molecule has 1 aliphatic rings. The minimum absolute atomic E-state index is 0.0448. The number of amides is 2. The number of anilines is 2. The minimum atomic E-state index is -0.369. The van der Waals surface area contributed by atoms with Crippen LogP contribution in [0.3, 0.4) is 0 Å². The van der Waals surface area contributed by atoms with Crippen molar-refractivity contribution in [3.05, 3.63) is 59.1 Å². The van der Waals surface area contributed by atoms with Gasteiger partial charge >= 0.3 is 0 Å². The summed E-state index contributed by atoms with van der Waals surface area (Å²) in [7, 11) is 0. The molecule has 2 amide bonds. The first-order chi connectivity index (χ1) is 12.3. The van der Waals surface area contributed by atoms with Crippen molar-refractivity contribution in [2.75, 3.05) is 16.8 Å². The molecule has 0 saturated carbocycles. The summed E-state index contributed by atoms with van der Waals surface area (Å²) in [6, 6.07) is 14.9. The van der Waals surface area contributed by atoms with Crippen molar-refractivity contribution >= 4 is 34.8 Å². The number of rotatable bonds is 3. The molecule has 1 atom stereocenters. The smallest absolute Gasteiger partial charge is 0.229 e. The molecule has 4 nitrogen and oxygen atoms in total. The molecule has 1 N–H and O–H groups in total. The van der Waals surface area contributed by atoms with E-state index in [1.54, 1.807) is 29.2 Å². The average Bonchev–Trinajstić information content (AvgIpc) is 2.97. The lowest BCUT2D eigenvalue weighted by atomic mass is 9.85. The van der Waals surface area contributed by atoms with Crippen molar-refractivity contribution in [1.29, 1.82) is 0 Å². The highest BCUT2D eigenvalue weighted by Crippen LogP contribution is 2.31. The number of benzene rings is 2. The van der Waals surface area contributed by atoms with Crippen molar-refractivity contribution < 1.29 is 9.59 Å². The molecule has 3 rings (SSSR count). The van der Waals surface area contributed by atoms with Gasteiger partial charge in [0.1, 0.15) is 0 Å². The van der Waals surface area contributed by atoms with E-state index in [9.17, 15) is 9.59 Å². The zero-order valence-electron chi connectivity index (χ0n) is 15.3. The normalized spacial score (nSPS) is 17.5. The molecule has 2 aromatic rings. The van der Waals surface area contributed by atoms with Crippen LogP contribution in [0, 0.1) is 5.92 Å². The van der Waals surface area contributed by atoms with Crippen LogP contribution in [-0.2, 0) is 15.0 Å². The Morgan fingerprint density at radius 2 is 1.77 bits per heavy atom. The molecule has 1 aliphatic heterocycles. The molecule has 2 aromatic carbocycles. The first-order valence-corrected chi connectivity index (χ1v) is 9.10. The van der Waals surface area contributed by atoms with E-state index < -0.39 is 0 Å². The predicted octanol–water partition coefficient (Wildman–Crippen LogP) is 4.63. The molecule has 1 heterocycles. The third kappa shape index (κ3) is 3.91. The molecule has 0 spiro atoms. The number of carbonyl (C=O) groups is 2. The number of hydrogen-bond donors (Lipinski definition) is 1. The van der Waals surface area contributed by atoms with Crippen molar-refractivity contribution in [3.63, 3.8) is 0 Å². The number of para-hydroxylation sites is 1. The van der Waals surface area contributed by atoms with Gasteiger partial charge in [-0.05, 0) is 41.3 Å². The van der Waals surface area contributed by atoms with Gasteiger partial charge in [0.05, 0.1) is 5.92 Å². The number of nitrogens with one attached hydrogen (secondary N) is 1. The summed E-state index contributed by atoms with van der Waals surface area (Å²) in [4.78, 5) is 26.8. The summed E-state index contributed by atoms with van der Waals surface area (Å²) in [6.07, 6.45) is 0.214. The van der Waals surface area contributed by atoms with Gasteiger partial charge in [0.25, 0.3) is 0 Å². The SMILES string of the molecule is CC(C)(C)c1ccccc1NC(=O)C1CC(=O)N(c2ccc(Cl)cc2)C1. The number of carbonyl (C=O) groups excluding carboxylic acids is 2. The highest BCUT2D eigenvalue weighted by Gasteiger charge is 2.35. The fraction of sp³-hybridized carbons (Fsp3) is 0.333. The predicted molar refractivity (Wildman–Crippen MR) is 106 cm³/mol. The zero-order valence-corrected chi connectivity index (χ0v) is 16.0. The Labute approximate surface area is 159 Å². The summed E-state index contributed by atoms with van der Waals surface area (Å²) in [5.41, 5.74) is 2.57. The van der Waals surface area contributed by atoms with Gasteiger partial charge in [0.15, 0.2) is 0 Å². The monoisotopic (exact) mass is 370 g/mol. The van der Waals surface area contributed by atoms with Gasteiger partial charge in [-0.3, -0.25) is 9.59 Å². The third-order valence-electron chi connectivity index (χ3n) is 4.63. The summed E-state index contributed by atoms with van der Waals surface area (Å²) in [6.45, 7) is 6.71. The number of halogens is 1. The summed E-state index contributed by atoms with van der Waals surface area (Å²) in [5.74, 6) is -0.533. The molecule has 26 heavy (non-hydrogen) atoms. The fourth-order valence-electron chi connectivity index (χ4n) is 3.23. The van der Waals surface area contributed by atoms with Crippen LogP contribution in [-0.4, -0.2) is 18.4 Å². The van der Waals surface area contributed by atoms with E-state index in [4.69, 9.17) is 11.6 Å². The van der Waals surface area contributed by atoms with E-state index in [1.807, 2.05) is 24.3 Å². The second kappa shape index (κ2) is 7.12. The van der Waals surface area contributed by atoms with Gasteiger partial charge in [-0.2, -0.15) is 0 Å². The van der Waals surface area contributed by atoms with Gasteiger partial charge in [-0.15, -0.1) is 0 Å². The van der Waals surface area contributed by atoms with Crippen molar-refractivity contribution in [2.45, 2.75) is 32.6 Å². The van der Waals surface area contributed by atoms with Gasteiger partial charge in [0.2, 0.25) is 11.8 Å². The molecule has 0 radical (unpaired) electrons. The maximum atomic E-state index is 12.8. The lowest BCUT2D eigenvalue weighted by Crippen LogP contribution is -2.28. The summed E-state index contributed by atoms with van der Waals surface area (Å²) in [5, 5.41) is 3.64. The topological polar surface area (TPSA) is 49.4 Å². The summed E-state index contributed by atoms with van der Waals surface area (Å²) < 4.78 is 0. The second-order valence-electron chi connectivity index (χ2n) is 7.67. The first-order valence-electron chi connectivity index (χ1n) is 8.72. The summed E-state index contributed by atoms with van der Waals surface area (Å²) >= 11 is 5.91. The molecule has 0 bridgehead atoms. The molecule has 0 aliphatic carbocycles. The number of hydrogen-bond acceptors (Lipinski definition) is 2. The Balaban J connectivity index is 1.74. The van der Waals surface area contributed by atoms with Gasteiger partial charge in [-0.25, -0.2) is 0 Å². The number of nitrogens with zero attached hydrogens (tertiary/aromatic N) is 1. The molecule has 1 unspecified atom stereocenters. The quantitative estimate of drug-likeness (QED) is 0.856. The van der Waals surface area contributed by atoms with E-state index >= 15 is 0 Å². The van der Waals surface area contributed by atoms with Crippen molar-refractivity contribution in [1.82, 2.24) is 0 Å². The van der Waals surface area contributed by atoms with E-state index in [2.05, 4.69) is 26.1 Å². The van der Waals surface area contributed by atoms with Crippen molar-refractivity contribution in [3.8, 4) is 0 Å². The van der Waals surface area contributed by atoms with Gasteiger partial charge in [0, 0.05) is 29.4 Å². The first kappa shape index (κ1) is 18.5. The molecular weight excluding hydrogens is 348 g/mol. The molecule has 1 fully saturated rings. The van der Waals surface area contributed by atoms with Gasteiger partial charge in [-0.1, -0.05) is 50.6 Å². The van der Waals surface area contributed by atoms with E-state index in [-0.39, 0.29) is 29.6 Å². The fourth-order valence-corrected chi connectivity index (χ4v) is 3.36. The second-order valence-corrected chi connectivity index (χ2v) is 8.10. The maximum absolute atomic E-state index is 12.8. The Hall–Kier alpha value is -2.33. The molecular formula is C21H23ClN2O2. The third-order valence-corrected chi connectivity index (χ3v) is 4.88. The Kier molecular flexibility index (Phi) is 5.05. The van der Waals surface area contributed by atoms with Crippen LogP contribution in [0.15, 0.2) is 48.5 Å². The molecule has 1 saturated heterocycles. The Morgan fingerprint density at radius 1 is 1.12 bits per heavy atom. The van der Waals surface area contributed by atoms with Crippen molar-refractivity contribution in [2.24, 2.45) is 5.92 Å². The Morgan fingerprint density at radius 3 is 2.42 bits per heavy atom. The lowest BCUT2D eigenvalue weighted by Gasteiger charge is -2.23. The Bertz CT molecular complexity index is 825. The zero-order chi connectivity index (χ0) is 18.9. The maximum Gasteiger partial charge on any atom is 0.229 e. The molecule has 5 heteroatoms. The van der Waals surface area contributed by atoms with Gasteiger partial charge < -0.3 is 10.2 Å². The van der Waals surface area contributed by atoms with Crippen LogP contribution < -0.4 is 10.2 Å². The minimum Gasteiger partial charge on any atom is -0.326 e.